The van der Waals surface area contributed by atoms with Crippen LogP contribution in [0.2, 0.25) is 0 Å². The van der Waals surface area contributed by atoms with Crippen LogP contribution in [0.1, 0.15) is 29.1 Å². The third-order valence-corrected chi connectivity index (χ3v) is 4.87. The van der Waals surface area contributed by atoms with Crippen LogP contribution < -0.4 is 10.9 Å². The number of pyridine rings is 1. The zero-order valence-electron chi connectivity index (χ0n) is 13.9. The minimum atomic E-state index is -0.313. The van der Waals surface area contributed by atoms with Crippen LogP contribution in [0.4, 0.5) is 0 Å². The Morgan fingerprint density at radius 1 is 1.32 bits per heavy atom. The number of aryl methyl sites for hydroxylation is 1. The maximum Gasteiger partial charge on any atom is 0.255 e. The number of carbonyl (C=O) groups is 1. The predicted molar refractivity (Wildman–Crippen MR) is 97.4 cm³/mol. The number of hydrogen-bond donors (Lipinski definition) is 2. The Morgan fingerprint density at radius 2 is 2.16 bits per heavy atom. The van der Waals surface area contributed by atoms with E-state index in [4.69, 9.17) is 0 Å². The molecule has 0 saturated carbocycles. The van der Waals surface area contributed by atoms with Crippen molar-refractivity contribution in [2.45, 2.75) is 26.3 Å². The van der Waals surface area contributed by atoms with Crippen LogP contribution in [-0.4, -0.2) is 20.9 Å². The average molecular weight is 354 g/mol. The minimum Gasteiger partial charge on any atom is -0.348 e. The highest BCUT2D eigenvalue weighted by Gasteiger charge is 2.16. The van der Waals surface area contributed by atoms with Crippen molar-refractivity contribution in [1.29, 1.82) is 0 Å². The minimum absolute atomic E-state index is 0.00756. The molecule has 0 aliphatic rings. The quantitative estimate of drug-likeness (QED) is 0.737. The lowest BCUT2D eigenvalue weighted by Gasteiger charge is -2.13. The van der Waals surface area contributed by atoms with E-state index in [2.05, 4.69) is 20.3 Å². The fourth-order valence-electron chi connectivity index (χ4n) is 2.50. The number of rotatable bonds is 5. The maximum atomic E-state index is 12.4. The van der Waals surface area contributed by atoms with Gasteiger partial charge in [0.25, 0.3) is 5.56 Å². The topological polar surface area (TPSA) is 87.7 Å². The van der Waals surface area contributed by atoms with Gasteiger partial charge in [-0.3, -0.25) is 14.6 Å². The van der Waals surface area contributed by atoms with Crippen molar-refractivity contribution in [2.75, 3.05) is 0 Å². The summed E-state index contributed by atoms with van der Waals surface area (Å²) in [5.41, 5.74) is 1.18. The Kier molecular flexibility index (Phi) is 5.04. The molecule has 7 heteroatoms. The average Bonchev–Trinajstić information content (AvgIpc) is 3.13. The molecular formula is C18H18N4O2S. The first-order valence-electron chi connectivity index (χ1n) is 7.88. The first-order chi connectivity index (χ1) is 12.0. The van der Waals surface area contributed by atoms with E-state index in [1.807, 2.05) is 30.5 Å². The second kappa shape index (κ2) is 7.40. The van der Waals surface area contributed by atoms with Crippen molar-refractivity contribution < 1.29 is 4.79 Å². The maximum absolute atomic E-state index is 12.4. The predicted octanol–water partition coefficient (Wildman–Crippen LogP) is 2.62. The highest BCUT2D eigenvalue weighted by molar-refractivity contribution is 7.10. The van der Waals surface area contributed by atoms with Gasteiger partial charge in [-0.1, -0.05) is 12.1 Å². The van der Waals surface area contributed by atoms with Gasteiger partial charge in [0, 0.05) is 22.3 Å². The molecule has 3 heterocycles. The van der Waals surface area contributed by atoms with E-state index >= 15 is 0 Å². The smallest absolute Gasteiger partial charge is 0.255 e. The normalized spacial score (nSPS) is 11.9. The molecular weight excluding hydrogens is 336 g/mol. The van der Waals surface area contributed by atoms with Crippen molar-refractivity contribution in [3.8, 4) is 11.5 Å². The number of aromatic amines is 1. The molecule has 1 atom stereocenters. The molecule has 0 fully saturated rings. The zero-order valence-corrected chi connectivity index (χ0v) is 14.8. The second-order valence-corrected chi connectivity index (χ2v) is 6.65. The standard InChI is InChI=1S/C18H18N4O2S/c1-11-13(10-16(23)20-12(2)15-7-5-9-25-15)18(24)22-17(21-11)14-6-3-4-8-19-14/h3-9,12H,10H2,1-2H3,(H,20,23)(H,21,22,24). The molecule has 0 saturated heterocycles. The van der Waals surface area contributed by atoms with Gasteiger partial charge in [-0.05, 0) is 37.4 Å². The molecule has 0 aliphatic carbocycles. The van der Waals surface area contributed by atoms with Gasteiger partial charge in [0.2, 0.25) is 5.91 Å². The number of thiophene rings is 1. The number of H-pyrrole nitrogens is 1. The van der Waals surface area contributed by atoms with Crippen LogP contribution in [0.25, 0.3) is 11.5 Å². The summed E-state index contributed by atoms with van der Waals surface area (Å²) in [7, 11) is 0. The van der Waals surface area contributed by atoms with Gasteiger partial charge in [0.1, 0.15) is 5.69 Å². The summed E-state index contributed by atoms with van der Waals surface area (Å²) in [4.78, 5) is 37.0. The molecule has 0 aliphatic heterocycles. The van der Waals surface area contributed by atoms with Gasteiger partial charge < -0.3 is 10.3 Å². The van der Waals surface area contributed by atoms with Crippen LogP contribution in [0, 0.1) is 6.92 Å². The summed E-state index contributed by atoms with van der Waals surface area (Å²) in [5.74, 6) is 0.195. The SMILES string of the molecule is Cc1nc(-c2ccccn2)[nH]c(=O)c1CC(=O)NC(C)c1cccs1. The Bertz CT molecular complexity index is 920. The Balaban J connectivity index is 1.77. The summed E-state index contributed by atoms with van der Waals surface area (Å²) in [5, 5.41) is 4.88. The van der Waals surface area contributed by atoms with E-state index in [-0.39, 0.29) is 23.9 Å². The third kappa shape index (κ3) is 4.00. The molecule has 3 rings (SSSR count). The molecule has 0 spiro atoms. The molecule has 0 aromatic carbocycles. The first kappa shape index (κ1) is 17.0. The fraction of sp³-hybridized carbons (Fsp3) is 0.222. The monoisotopic (exact) mass is 354 g/mol. The number of nitrogens with one attached hydrogen (secondary N) is 2. The molecule has 128 valence electrons. The van der Waals surface area contributed by atoms with Gasteiger partial charge >= 0.3 is 0 Å². The summed E-state index contributed by atoms with van der Waals surface area (Å²) in [6.45, 7) is 3.65. The van der Waals surface area contributed by atoms with E-state index in [9.17, 15) is 9.59 Å². The van der Waals surface area contributed by atoms with Gasteiger partial charge in [-0.2, -0.15) is 0 Å². The van der Waals surface area contributed by atoms with Gasteiger partial charge in [0.05, 0.1) is 12.5 Å². The van der Waals surface area contributed by atoms with Crippen LogP contribution >= 0.6 is 11.3 Å². The summed E-state index contributed by atoms with van der Waals surface area (Å²) in [6.07, 6.45) is 1.63. The summed E-state index contributed by atoms with van der Waals surface area (Å²) >= 11 is 1.58. The molecule has 6 nitrogen and oxygen atoms in total. The molecule has 3 aromatic rings. The highest BCUT2D eigenvalue weighted by atomic mass is 32.1. The number of aromatic nitrogens is 3. The molecule has 0 radical (unpaired) electrons. The number of carbonyl (C=O) groups excluding carboxylic acids is 1. The van der Waals surface area contributed by atoms with Gasteiger partial charge in [-0.15, -0.1) is 11.3 Å². The van der Waals surface area contributed by atoms with Crippen LogP contribution in [0.15, 0.2) is 46.7 Å². The van der Waals surface area contributed by atoms with E-state index < -0.39 is 0 Å². The largest absolute Gasteiger partial charge is 0.348 e. The summed E-state index contributed by atoms with van der Waals surface area (Å²) < 4.78 is 0. The third-order valence-electron chi connectivity index (χ3n) is 3.81. The Morgan fingerprint density at radius 3 is 2.80 bits per heavy atom. The van der Waals surface area contributed by atoms with Gasteiger partial charge in [0.15, 0.2) is 5.82 Å². The van der Waals surface area contributed by atoms with E-state index in [0.29, 0.717) is 22.8 Å². The molecule has 0 bridgehead atoms. The lowest BCUT2D eigenvalue weighted by Crippen LogP contribution is -2.30. The lowest BCUT2D eigenvalue weighted by molar-refractivity contribution is -0.121. The van der Waals surface area contributed by atoms with Crippen molar-refractivity contribution in [3.05, 3.63) is 68.4 Å². The highest BCUT2D eigenvalue weighted by Crippen LogP contribution is 2.18. The molecule has 1 unspecified atom stereocenters. The number of nitrogens with zero attached hydrogens (tertiary/aromatic N) is 2. The van der Waals surface area contributed by atoms with E-state index in [1.165, 1.54) is 0 Å². The van der Waals surface area contributed by atoms with E-state index in [0.717, 1.165) is 4.88 Å². The van der Waals surface area contributed by atoms with Gasteiger partial charge in [-0.25, -0.2) is 4.98 Å². The van der Waals surface area contributed by atoms with Crippen LogP contribution in [-0.2, 0) is 11.2 Å². The Labute approximate surface area is 149 Å². The first-order valence-corrected chi connectivity index (χ1v) is 8.76. The second-order valence-electron chi connectivity index (χ2n) is 5.67. The van der Waals surface area contributed by atoms with Crippen LogP contribution in [0.5, 0.6) is 0 Å². The number of amides is 1. The Hall–Kier alpha value is -2.80. The molecule has 2 N–H and O–H groups in total. The molecule has 1 amide bonds. The van der Waals surface area contributed by atoms with Crippen molar-refractivity contribution in [2.24, 2.45) is 0 Å². The van der Waals surface area contributed by atoms with Crippen molar-refractivity contribution in [3.63, 3.8) is 0 Å². The summed E-state index contributed by atoms with van der Waals surface area (Å²) in [6, 6.07) is 9.21. The number of hydrogen-bond acceptors (Lipinski definition) is 5. The lowest BCUT2D eigenvalue weighted by atomic mass is 10.1. The fourth-order valence-corrected chi connectivity index (χ4v) is 3.24. The zero-order chi connectivity index (χ0) is 17.8. The van der Waals surface area contributed by atoms with Crippen molar-refractivity contribution in [1.82, 2.24) is 20.3 Å². The molecule has 25 heavy (non-hydrogen) atoms. The van der Waals surface area contributed by atoms with E-state index in [1.54, 1.807) is 36.6 Å². The van der Waals surface area contributed by atoms with Crippen LogP contribution in [0.3, 0.4) is 0 Å². The molecule has 3 aromatic heterocycles. The van der Waals surface area contributed by atoms with Crippen molar-refractivity contribution >= 4 is 17.2 Å².